The number of rotatable bonds is 3. The zero-order valence-corrected chi connectivity index (χ0v) is 9.29. The third-order valence-electron chi connectivity index (χ3n) is 2.55. The molecule has 5 nitrogen and oxygen atoms in total. The molecule has 0 bridgehead atoms. The number of carbonyl (C=O) groups is 1. The van der Waals surface area contributed by atoms with Gasteiger partial charge in [0.05, 0.1) is 5.69 Å². The number of aldehydes is 1. The lowest BCUT2D eigenvalue weighted by Crippen LogP contribution is -2.36. The number of nitrogens with zero attached hydrogens (tertiary/aromatic N) is 3. The van der Waals surface area contributed by atoms with Crippen molar-refractivity contribution in [3.63, 3.8) is 0 Å². The molecule has 0 aromatic heterocycles. The zero-order chi connectivity index (χ0) is 11.5. The lowest BCUT2D eigenvalue weighted by molar-refractivity contribution is -0.109. The maximum Gasteiger partial charge on any atom is 0.195 e. The van der Waals surface area contributed by atoms with Crippen LogP contribution in [0.3, 0.4) is 0 Å². The van der Waals surface area contributed by atoms with Crippen LogP contribution in [0.2, 0.25) is 0 Å². The fraction of sp³-hybridized carbons (Fsp3) is 0.364. The highest BCUT2D eigenvalue weighted by atomic mass is 16.1. The molecular formula is C11H14N4O. The number of benzene rings is 1. The maximum absolute atomic E-state index is 10.7. The van der Waals surface area contributed by atoms with E-state index in [2.05, 4.69) is 29.7 Å². The van der Waals surface area contributed by atoms with Crippen molar-refractivity contribution in [2.45, 2.75) is 25.9 Å². The molecule has 2 rings (SSSR count). The minimum atomic E-state index is -0.495. The summed E-state index contributed by atoms with van der Waals surface area (Å²) in [5.41, 5.74) is 4.72. The van der Waals surface area contributed by atoms with Crippen LogP contribution in [0.15, 0.2) is 34.7 Å². The molecule has 0 aliphatic carbocycles. The van der Waals surface area contributed by atoms with Gasteiger partial charge in [-0.15, -0.1) is 0 Å². The summed E-state index contributed by atoms with van der Waals surface area (Å²) in [6.07, 6.45) is 0.279. The summed E-state index contributed by atoms with van der Waals surface area (Å²) in [5, 5.41) is 9.02. The van der Waals surface area contributed by atoms with Gasteiger partial charge in [-0.3, -0.25) is 10.2 Å². The van der Waals surface area contributed by atoms with Crippen molar-refractivity contribution in [1.29, 1.82) is 0 Å². The largest absolute Gasteiger partial charge is 0.299 e. The molecule has 0 radical (unpaired) electrons. The van der Waals surface area contributed by atoms with Gasteiger partial charge in [0.2, 0.25) is 0 Å². The van der Waals surface area contributed by atoms with Crippen molar-refractivity contribution in [2.75, 3.05) is 5.01 Å². The average Bonchev–Trinajstić information content (AvgIpc) is 2.77. The molecule has 1 heterocycles. The lowest BCUT2D eigenvalue weighted by Gasteiger charge is -2.17. The quantitative estimate of drug-likeness (QED) is 0.790. The summed E-state index contributed by atoms with van der Waals surface area (Å²) >= 11 is 0. The molecule has 0 fully saturated rings. The summed E-state index contributed by atoms with van der Waals surface area (Å²) in [7, 11) is 0. The molecule has 84 valence electrons. The predicted molar refractivity (Wildman–Crippen MR) is 60.9 cm³/mol. The molecule has 0 saturated carbocycles. The number of nitrogens with one attached hydrogen (secondary N) is 1. The van der Waals surface area contributed by atoms with Gasteiger partial charge < -0.3 is 0 Å². The third-order valence-corrected chi connectivity index (χ3v) is 2.55. The van der Waals surface area contributed by atoms with Gasteiger partial charge in [0.1, 0.15) is 0 Å². The minimum Gasteiger partial charge on any atom is -0.299 e. The predicted octanol–water partition coefficient (Wildman–Crippen LogP) is 2.03. The molecule has 1 aliphatic rings. The first kappa shape index (κ1) is 10.6. The van der Waals surface area contributed by atoms with Gasteiger partial charge in [-0.05, 0) is 28.8 Å². The van der Waals surface area contributed by atoms with Crippen LogP contribution in [0.4, 0.5) is 5.69 Å². The fourth-order valence-corrected chi connectivity index (χ4v) is 1.56. The molecule has 1 aliphatic heterocycles. The first-order valence-electron chi connectivity index (χ1n) is 5.23. The first-order valence-corrected chi connectivity index (χ1v) is 5.23. The lowest BCUT2D eigenvalue weighted by atomic mass is 10.0. The Hall–Kier alpha value is -1.91. The van der Waals surface area contributed by atoms with Gasteiger partial charge in [-0.1, -0.05) is 31.2 Å². The van der Waals surface area contributed by atoms with Crippen molar-refractivity contribution in [1.82, 2.24) is 5.43 Å². The second-order valence-corrected chi connectivity index (χ2v) is 3.99. The highest BCUT2D eigenvalue weighted by Gasteiger charge is 2.22. The summed E-state index contributed by atoms with van der Waals surface area (Å²) in [4.78, 5) is 10.7. The molecule has 5 heteroatoms. The zero-order valence-electron chi connectivity index (χ0n) is 9.29. The molecule has 0 spiro atoms. The smallest absolute Gasteiger partial charge is 0.195 e. The Morgan fingerprint density at radius 1 is 1.38 bits per heavy atom. The van der Waals surface area contributed by atoms with Crippen molar-refractivity contribution in [3.05, 3.63) is 29.8 Å². The molecule has 1 atom stereocenters. The monoisotopic (exact) mass is 218 g/mol. The van der Waals surface area contributed by atoms with Crippen LogP contribution in [0.25, 0.3) is 0 Å². The van der Waals surface area contributed by atoms with E-state index in [-0.39, 0.29) is 0 Å². The van der Waals surface area contributed by atoms with Gasteiger partial charge in [-0.2, -0.15) is 0 Å². The standard InChI is InChI=1S/C11H14N4O/c1-8(2)9-3-5-10(6-4-9)15-11(7-16)12-13-14-15/h3-8,11H,1-2H3,(H,12,14). The Balaban J connectivity index is 2.21. The third kappa shape index (κ3) is 1.88. The Morgan fingerprint density at radius 2 is 2.06 bits per heavy atom. The molecule has 1 unspecified atom stereocenters. The summed E-state index contributed by atoms with van der Waals surface area (Å²) in [6, 6.07) is 7.96. The van der Waals surface area contributed by atoms with E-state index in [0.717, 1.165) is 12.0 Å². The van der Waals surface area contributed by atoms with Crippen LogP contribution in [0, 0.1) is 0 Å². The normalized spacial score (nSPS) is 18.9. The molecule has 0 saturated heterocycles. The Morgan fingerprint density at radius 3 is 2.62 bits per heavy atom. The average molecular weight is 218 g/mol. The van der Waals surface area contributed by atoms with E-state index < -0.39 is 6.17 Å². The molecule has 1 aromatic rings. The van der Waals surface area contributed by atoms with E-state index in [1.165, 1.54) is 5.56 Å². The van der Waals surface area contributed by atoms with Crippen molar-refractivity contribution in [2.24, 2.45) is 10.4 Å². The van der Waals surface area contributed by atoms with Gasteiger partial charge in [-0.25, -0.2) is 5.01 Å². The van der Waals surface area contributed by atoms with E-state index >= 15 is 0 Å². The second kappa shape index (κ2) is 4.30. The summed E-state index contributed by atoms with van der Waals surface area (Å²) in [5.74, 6) is 0.495. The Kier molecular flexibility index (Phi) is 2.85. The Bertz CT molecular complexity index is 399. The van der Waals surface area contributed by atoms with E-state index in [1.54, 1.807) is 5.01 Å². The van der Waals surface area contributed by atoms with Crippen molar-refractivity contribution in [3.8, 4) is 0 Å². The number of carbonyl (C=O) groups excluding carboxylic acids is 1. The number of hydrogen-bond acceptors (Lipinski definition) is 5. The van der Waals surface area contributed by atoms with Crippen molar-refractivity contribution < 1.29 is 4.79 Å². The molecule has 0 amide bonds. The van der Waals surface area contributed by atoms with Crippen LogP contribution in [0.1, 0.15) is 25.3 Å². The van der Waals surface area contributed by atoms with E-state index in [9.17, 15) is 4.79 Å². The molecule has 1 aromatic carbocycles. The Labute approximate surface area is 94.1 Å². The van der Waals surface area contributed by atoms with Crippen LogP contribution >= 0.6 is 0 Å². The molecular weight excluding hydrogens is 204 g/mol. The summed E-state index contributed by atoms with van der Waals surface area (Å²) < 4.78 is 0. The number of anilines is 1. The van der Waals surface area contributed by atoms with E-state index in [0.29, 0.717) is 5.92 Å². The fourth-order valence-electron chi connectivity index (χ4n) is 1.56. The van der Waals surface area contributed by atoms with Crippen LogP contribution in [0.5, 0.6) is 0 Å². The number of hydrogen-bond donors (Lipinski definition) is 1. The highest BCUT2D eigenvalue weighted by Crippen LogP contribution is 2.22. The molecule has 16 heavy (non-hydrogen) atoms. The second-order valence-electron chi connectivity index (χ2n) is 3.99. The topological polar surface area (TPSA) is 57.1 Å². The minimum absolute atomic E-state index is 0.495. The van der Waals surface area contributed by atoms with Crippen LogP contribution < -0.4 is 10.4 Å². The highest BCUT2D eigenvalue weighted by molar-refractivity contribution is 5.65. The van der Waals surface area contributed by atoms with Gasteiger partial charge in [0, 0.05) is 0 Å². The van der Waals surface area contributed by atoms with Crippen LogP contribution in [-0.2, 0) is 4.79 Å². The molecule has 1 N–H and O–H groups in total. The van der Waals surface area contributed by atoms with Crippen LogP contribution in [-0.4, -0.2) is 12.5 Å². The first-order chi connectivity index (χ1) is 7.72. The van der Waals surface area contributed by atoms with E-state index in [4.69, 9.17) is 0 Å². The van der Waals surface area contributed by atoms with Gasteiger partial charge >= 0.3 is 0 Å². The van der Waals surface area contributed by atoms with E-state index in [1.807, 2.05) is 24.3 Å². The maximum atomic E-state index is 10.7. The SMILES string of the molecule is CC(C)c1ccc(N2N=NNC2C=O)cc1. The van der Waals surface area contributed by atoms with Crippen molar-refractivity contribution >= 4 is 12.0 Å². The van der Waals surface area contributed by atoms with Gasteiger partial charge in [0.25, 0.3) is 0 Å². The van der Waals surface area contributed by atoms with Gasteiger partial charge in [0.15, 0.2) is 12.5 Å². The summed E-state index contributed by atoms with van der Waals surface area (Å²) in [6.45, 7) is 4.28.